The molecule has 1 aromatic rings. The van der Waals surface area contributed by atoms with Crippen molar-refractivity contribution in [3.8, 4) is 0 Å². The van der Waals surface area contributed by atoms with Crippen LogP contribution < -0.4 is 10.6 Å². The first kappa shape index (κ1) is 17.0. The van der Waals surface area contributed by atoms with Crippen LogP contribution >= 0.6 is 0 Å². The smallest absolute Gasteiger partial charge is 0.261 e. The number of unbranched alkanes of at least 4 members (excludes halogenated alkanes) is 2. The van der Waals surface area contributed by atoms with Crippen LogP contribution in [0.1, 0.15) is 46.9 Å². The summed E-state index contributed by atoms with van der Waals surface area (Å²) in [6, 6.07) is 6.93. The van der Waals surface area contributed by atoms with Gasteiger partial charge in [0.2, 0.25) is 0 Å². The molecule has 0 unspecified atom stereocenters. The molecule has 2 N–H and O–H groups in total. The maximum atomic E-state index is 12.2. The summed E-state index contributed by atoms with van der Waals surface area (Å²) in [5.41, 5.74) is 0.971. The van der Waals surface area contributed by atoms with Crippen LogP contribution in [0, 0.1) is 0 Å². The van der Waals surface area contributed by atoms with Crippen LogP contribution in [-0.2, 0) is 0 Å². The molecule has 1 aliphatic rings. The highest BCUT2D eigenvalue weighted by Gasteiger charge is 2.34. The molecule has 0 aromatic heterocycles. The molecule has 1 aromatic carbocycles. The Labute approximate surface area is 137 Å². The van der Waals surface area contributed by atoms with Gasteiger partial charge in [-0.05, 0) is 18.6 Å². The van der Waals surface area contributed by atoms with Crippen molar-refractivity contribution in [1.82, 2.24) is 15.5 Å². The van der Waals surface area contributed by atoms with Crippen LogP contribution in [0.3, 0.4) is 0 Å². The molecule has 2 rings (SSSR count). The molecule has 0 radical (unpaired) electrons. The van der Waals surface area contributed by atoms with Crippen LogP contribution in [-0.4, -0.2) is 49.4 Å². The molecule has 6 heteroatoms. The number of nitrogens with zero attached hydrogens (tertiary/aromatic N) is 2. The molecule has 124 valence electrons. The predicted molar refractivity (Wildman–Crippen MR) is 90.7 cm³/mol. The van der Waals surface area contributed by atoms with E-state index in [4.69, 9.17) is 0 Å². The third-order valence-corrected chi connectivity index (χ3v) is 3.80. The van der Waals surface area contributed by atoms with Crippen molar-refractivity contribution < 1.29 is 9.59 Å². The van der Waals surface area contributed by atoms with Crippen LogP contribution in [0.25, 0.3) is 0 Å². The van der Waals surface area contributed by atoms with E-state index in [1.165, 1.54) is 17.7 Å². The molecule has 0 aliphatic carbocycles. The average Bonchev–Trinajstić information content (AvgIpc) is 2.82. The maximum Gasteiger partial charge on any atom is 0.261 e. The number of guanidine groups is 1. The fourth-order valence-electron chi connectivity index (χ4n) is 2.53. The first-order valence-corrected chi connectivity index (χ1v) is 8.08. The molecule has 0 bridgehead atoms. The molecule has 6 nitrogen and oxygen atoms in total. The second-order valence-corrected chi connectivity index (χ2v) is 5.44. The predicted octanol–water partition coefficient (Wildman–Crippen LogP) is 1.64. The number of hydrogen-bond acceptors (Lipinski definition) is 3. The van der Waals surface area contributed by atoms with Crippen molar-refractivity contribution in [2.45, 2.75) is 26.2 Å². The zero-order chi connectivity index (χ0) is 16.7. The number of imide groups is 1. The van der Waals surface area contributed by atoms with Crippen molar-refractivity contribution in [2.24, 2.45) is 4.99 Å². The summed E-state index contributed by atoms with van der Waals surface area (Å²) in [4.78, 5) is 29.9. The number of nitrogens with one attached hydrogen (secondary N) is 2. The summed E-state index contributed by atoms with van der Waals surface area (Å²) >= 11 is 0. The van der Waals surface area contributed by atoms with Crippen LogP contribution in [0.2, 0.25) is 0 Å². The Morgan fingerprint density at radius 3 is 2.22 bits per heavy atom. The molecule has 0 fully saturated rings. The van der Waals surface area contributed by atoms with Gasteiger partial charge in [-0.15, -0.1) is 0 Å². The minimum absolute atomic E-state index is 0.224. The zero-order valence-electron chi connectivity index (χ0n) is 13.8. The minimum atomic E-state index is -0.224. The van der Waals surface area contributed by atoms with Crippen LogP contribution in [0.15, 0.2) is 29.3 Å². The molecule has 1 heterocycles. The quantitative estimate of drug-likeness (QED) is 0.347. The van der Waals surface area contributed by atoms with Gasteiger partial charge in [-0.1, -0.05) is 31.9 Å². The summed E-state index contributed by atoms with van der Waals surface area (Å²) in [6.45, 7) is 3.82. The molecule has 23 heavy (non-hydrogen) atoms. The highest BCUT2D eigenvalue weighted by Crippen LogP contribution is 2.21. The standard InChI is InChI=1S/C17H24N4O2/c1-3-4-7-10-19-17(18-2)20-11-12-21-15(22)13-8-5-6-9-14(13)16(21)23/h5-6,8-9H,3-4,7,10-12H2,1-2H3,(H2,18,19,20). The van der Waals surface area contributed by atoms with E-state index >= 15 is 0 Å². The first-order chi connectivity index (χ1) is 11.2. The van der Waals surface area contributed by atoms with Gasteiger partial charge in [0, 0.05) is 26.7 Å². The highest BCUT2D eigenvalue weighted by atomic mass is 16.2. The lowest BCUT2D eigenvalue weighted by molar-refractivity contribution is 0.0657. The monoisotopic (exact) mass is 316 g/mol. The van der Waals surface area contributed by atoms with E-state index in [9.17, 15) is 9.59 Å². The van der Waals surface area contributed by atoms with Gasteiger partial charge in [-0.3, -0.25) is 19.5 Å². The van der Waals surface area contributed by atoms with E-state index in [1.54, 1.807) is 31.3 Å². The number of hydrogen-bond donors (Lipinski definition) is 2. The van der Waals surface area contributed by atoms with Gasteiger partial charge in [-0.25, -0.2) is 0 Å². The fraction of sp³-hybridized carbons (Fsp3) is 0.471. The third kappa shape index (κ3) is 4.09. The largest absolute Gasteiger partial charge is 0.356 e. The molecule has 0 saturated carbocycles. The van der Waals surface area contributed by atoms with E-state index in [0.717, 1.165) is 13.0 Å². The second kappa shape index (κ2) is 8.31. The van der Waals surface area contributed by atoms with Crippen LogP contribution in [0.5, 0.6) is 0 Å². The van der Waals surface area contributed by atoms with Crippen molar-refractivity contribution in [3.05, 3.63) is 35.4 Å². The third-order valence-electron chi connectivity index (χ3n) is 3.80. The highest BCUT2D eigenvalue weighted by molar-refractivity contribution is 6.21. The van der Waals surface area contributed by atoms with E-state index in [2.05, 4.69) is 22.5 Å². The first-order valence-electron chi connectivity index (χ1n) is 8.08. The van der Waals surface area contributed by atoms with Gasteiger partial charge in [0.15, 0.2) is 5.96 Å². The van der Waals surface area contributed by atoms with Crippen LogP contribution in [0.4, 0.5) is 0 Å². The molecule has 1 aliphatic heterocycles. The Morgan fingerprint density at radius 1 is 1.04 bits per heavy atom. The normalized spacial score (nSPS) is 14.2. The lowest BCUT2D eigenvalue weighted by atomic mass is 10.1. The van der Waals surface area contributed by atoms with Crippen molar-refractivity contribution in [1.29, 1.82) is 0 Å². The fourth-order valence-corrected chi connectivity index (χ4v) is 2.53. The van der Waals surface area contributed by atoms with E-state index < -0.39 is 0 Å². The molecule has 2 amide bonds. The Kier molecular flexibility index (Phi) is 6.14. The number of aliphatic imine (C=N–C) groups is 1. The number of fused-ring (bicyclic) bond motifs is 1. The van der Waals surface area contributed by atoms with E-state index in [-0.39, 0.29) is 11.8 Å². The molecule has 0 spiro atoms. The summed E-state index contributed by atoms with van der Waals surface area (Å²) in [5, 5.41) is 6.35. The van der Waals surface area contributed by atoms with Gasteiger partial charge < -0.3 is 10.6 Å². The average molecular weight is 316 g/mol. The molecule has 0 saturated heterocycles. The number of carbonyl (C=O) groups is 2. The van der Waals surface area contributed by atoms with Crippen molar-refractivity contribution >= 4 is 17.8 Å². The maximum absolute atomic E-state index is 12.2. The Balaban J connectivity index is 1.80. The van der Waals surface area contributed by atoms with Gasteiger partial charge >= 0.3 is 0 Å². The van der Waals surface area contributed by atoms with E-state index in [1.807, 2.05) is 0 Å². The number of amides is 2. The van der Waals surface area contributed by atoms with Gasteiger partial charge in [-0.2, -0.15) is 0 Å². The lowest BCUT2D eigenvalue weighted by Gasteiger charge is -2.16. The van der Waals surface area contributed by atoms with Gasteiger partial charge in [0.25, 0.3) is 11.8 Å². The Bertz CT molecular complexity index is 563. The second-order valence-electron chi connectivity index (χ2n) is 5.44. The van der Waals surface area contributed by atoms with Crippen molar-refractivity contribution in [3.63, 3.8) is 0 Å². The molecular formula is C17H24N4O2. The number of carbonyl (C=O) groups excluding carboxylic acids is 2. The minimum Gasteiger partial charge on any atom is -0.356 e. The summed E-state index contributed by atoms with van der Waals surface area (Å²) < 4.78 is 0. The van der Waals surface area contributed by atoms with E-state index in [0.29, 0.717) is 30.2 Å². The summed E-state index contributed by atoms with van der Waals surface area (Å²) in [5.74, 6) is 0.245. The Hall–Kier alpha value is -2.37. The van der Waals surface area contributed by atoms with Gasteiger partial charge in [0.05, 0.1) is 11.1 Å². The lowest BCUT2D eigenvalue weighted by Crippen LogP contribution is -2.43. The summed E-state index contributed by atoms with van der Waals surface area (Å²) in [7, 11) is 1.71. The van der Waals surface area contributed by atoms with Gasteiger partial charge in [0.1, 0.15) is 0 Å². The molecular weight excluding hydrogens is 292 g/mol. The number of rotatable bonds is 7. The number of benzene rings is 1. The SMILES string of the molecule is CCCCCNC(=NC)NCCN1C(=O)c2ccccc2C1=O. The summed E-state index contributed by atoms with van der Waals surface area (Å²) in [6.07, 6.45) is 3.45. The zero-order valence-corrected chi connectivity index (χ0v) is 13.8. The van der Waals surface area contributed by atoms with Crippen molar-refractivity contribution in [2.75, 3.05) is 26.7 Å². The Morgan fingerprint density at radius 2 is 1.65 bits per heavy atom. The topological polar surface area (TPSA) is 73.8 Å². The molecule has 0 atom stereocenters.